The summed E-state index contributed by atoms with van der Waals surface area (Å²) in [5.41, 5.74) is -4.22. The second kappa shape index (κ2) is 10.5. The molecule has 2 aliphatic carbocycles. The molecule has 3 aromatic rings. The van der Waals surface area contributed by atoms with Gasteiger partial charge in [0.25, 0.3) is 5.92 Å². The number of hydrogen-bond donors (Lipinski definition) is 2. The number of carbonyl (C=O) groups excluding carboxylic acids is 1. The zero-order chi connectivity index (χ0) is 31.6. The molecular formula is C29H22BrF7N4O2. The molecule has 2 heterocycles. The van der Waals surface area contributed by atoms with E-state index in [1.807, 2.05) is 0 Å². The van der Waals surface area contributed by atoms with Gasteiger partial charge in [0.05, 0.1) is 17.7 Å². The Hall–Kier alpha value is -3.70. The number of nitrogens with one attached hydrogen (secondary N) is 1. The number of fused-ring (bicyclic) bond motifs is 3. The van der Waals surface area contributed by atoms with Gasteiger partial charge in [-0.3, -0.25) is 9.48 Å². The smallest absolute Gasteiger partial charge is 0.378 e. The molecule has 14 heteroatoms. The Morgan fingerprint density at radius 1 is 1.21 bits per heavy atom. The van der Waals surface area contributed by atoms with Crippen LogP contribution in [0.3, 0.4) is 0 Å². The predicted octanol–water partition coefficient (Wildman–Crippen LogP) is 5.94. The number of benzene rings is 1. The summed E-state index contributed by atoms with van der Waals surface area (Å²) < 4.78 is 100. The lowest BCUT2D eigenvalue weighted by molar-refractivity contribution is -0.142. The first kappa shape index (κ1) is 30.7. The van der Waals surface area contributed by atoms with E-state index >= 15 is 8.78 Å². The third-order valence-electron chi connectivity index (χ3n) is 6.99. The van der Waals surface area contributed by atoms with E-state index in [9.17, 15) is 31.9 Å². The Labute approximate surface area is 249 Å². The van der Waals surface area contributed by atoms with Crippen LogP contribution in [0.5, 0.6) is 0 Å². The first-order chi connectivity index (χ1) is 19.9. The van der Waals surface area contributed by atoms with E-state index in [-0.39, 0.29) is 28.9 Å². The maximum Gasteiger partial charge on any atom is 0.435 e. The van der Waals surface area contributed by atoms with Crippen LogP contribution < -0.4 is 5.32 Å². The SMILES string of the molecule is C=C1[C@@H]2c3c(C(F)(F)F)nn(CC(=O)N[C@@H](Cc4cc(F)cc(F)c4)c4nc(C#CC(C)(C)O)ccc4Br)c3C(F)(F)[C@H]12. The number of nitrogens with zero attached hydrogens (tertiary/aromatic N) is 3. The molecule has 1 fully saturated rings. The van der Waals surface area contributed by atoms with Gasteiger partial charge in [-0.15, -0.1) is 0 Å². The summed E-state index contributed by atoms with van der Waals surface area (Å²) >= 11 is 3.31. The molecule has 2 aromatic heterocycles. The van der Waals surface area contributed by atoms with Crippen LogP contribution in [-0.4, -0.2) is 31.4 Å². The Morgan fingerprint density at radius 2 is 1.86 bits per heavy atom. The molecule has 6 nitrogen and oxygen atoms in total. The number of hydrogen-bond acceptors (Lipinski definition) is 4. The van der Waals surface area contributed by atoms with Crippen molar-refractivity contribution in [2.75, 3.05) is 0 Å². The van der Waals surface area contributed by atoms with Gasteiger partial charge >= 0.3 is 6.18 Å². The average Bonchev–Trinajstić information content (AvgIpc) is 3.26. The quantitative estimate of drug-likeness (QED) is 0.194. The number of aromatic nitrogens is 3. The molecular weight excluding hydrogens is 649 g/mol. The van der Waals surface area contributed by atoms with Crippen molar-refractivity contribution < 1.29 is 40.6 Å². The zero-order valence-corrected chi connectivity index (χ0v) is 24.0. The molecule has 43 heavy (non-hydrogen) atoms. The summed E-state index contributed by atoms with van der Waals surface area (Å²) in [4.78, 5) is 17.6. The normalized spacial score (nSPS) is 19.3. The van der Waals surface area contributed by atoms with Gasteiger partial charge in [-0.1, -0.05) is 18.1 Å². The van der Waals surface area contributed by atoms with Crippen LogP contribution in [0.15, 0.2) is 47.0 Å². The molecule has 0 bridgehead atoms. The topological polar surface area (TPSA) is 80.0 Å². The lowest BCUT2D eigenvalue weighted by Crippen LogP contribution is -2.35. The number of allylic oxidation sites excluding steroid dienone is 1. The Bertz CT molecular complexity index is 1700. The van der Waals surface area contributed by atoms with Crippen LogP contribution in [0.2, 0.25) is 0 Å². The number of rotatable bonds is 6. The fraction of sp³-hybridized carbons (Fsp3) is 0.345. The van der Waals surface area contributed by atoms with Gasteiger partial charge in [-0.2, -0.15) is 27.1 Å². The van der Waals surface area contributed by atoms with Gasteiger partial charge in [0.2, 0.25) is 5.91 Å². The molecule has 5 rings (SSSR count). The lowest BCUT2D eigenvalue weighted by Gasteiger charge is -2.21. The molecule has 1 amide bonds. The van der Waals surface area contributed by atoms with Crippen LogP contribution in [0, 0.1) is 29.4 Å². The number of pyridine rings is 1. The lowest BCUT2D eigenvalue weighted by atomic mass is 10.0. The largest absolute Gasteiger partial charge is 0.435 e. The maximum atomic E-state index is 15.1. The first-order valence-electron chi connectivity index (χ1n) is 12.8. The van der Waals surface area contributed by atoms with E-state index in [1.54, 1.807) is 0 Å². The summed E-state index contributed by atoms with van der Waals surface area (Å²) in [5, 5.41) is 15.8. The summed E-state index contributed by atoms with van der Waals surface area (Å²) in [7, 11) is 0. The van der Waals surface area contributed by atoms with E-state index < -0.39 is 76.6 Å². The van der Waals surface area contributed by atoms with Gasteiger partial charge in [0.1, 0.15) is 35.2 Å². The van der Waals surface area contributed by atoms with Crippen LogP contribution in [-0.2, 0) is 29.9 Å². The highest BCUT2D eigenvalue weighted by Crippen LogP contribution is 2.71. The molecule has 2 N–H and O–H groups in total. The fourth-order valence-corrected chi connectivity index (χ4v) is 5.74. The number of amides is 1. The summed E-state index contributed by atoms with van der Waals surface area (Å²) in [6, 6.07) is 4.55. The summed E-state index contributed by atoms with van der Waals surface area (Å²) in [6.45, 7) is 5.33. The van der Waals surface area contributed by atoms with Gasteiger partial charge in [0.15, 0.2) is 5.69 Å². The second-order valence-corrected chi connectivity index (χ2v) is 11.7. The zero-order valence-electron chi connectivity index (χ0n) is 22.5. The third-order valence-corrected chi connectivity index (χ3v) is 7.66. The highest BCUT2D eigenvalue weighted by atomic mass is 79.9. The molecule has 2 aliphatic rings. The fourth-order valence-electron chi connectivity index (χ4n) is 5.25. The monoisotopic (exact) mass is 670 g/mol. The Balaban J connectivity index is 1.50. The van der Waals surface area contributed by atoms with Gasteiger partial charge in [-0.05, 0) is 71.9 Å². The standard InChI is InChI=1S/C29H22BrF7N4O2/c1-13-21-22-25(29(35,36)37)40-41(26(22)28(33,34)23(13)21)12-20(42)39-19(10-14-8-15(31)11-16(32)9-14)24-18(30)5-4-17(38-24)6-7-27(2,3)43/h4-5,8-9,11,19,21,23,43H,1,10,12H2,2-3H3,(H,39,42)/t19-,21+,23+/m0/s1. The summed E-state index contributed by atoms with van der Waals surface area (Å²) in [5.74, 6) is -3.98. The molecule has 0 unspecified atom stereocenters. The average molecular weight is 671 g/mol. The van der Waals surface area contributed by atoms with Crippen molar-refractivity contribution in [2.45, 2.75) is 56.5 Å². The number of carbonyl (C=O) groups is 1. The number of halogens is 8. The molecule has 0 radical (unpaired) electrons. The van der Waals surface area contributed by atoms with Crippen molar-refractivity contribution in [1.82, 2.24) is 20.1 Å². The Morgan fingerprint density at radius 3 is 2.47 bits per heavy atom. The van der Waals surface area contributed by atoms with Crippen molar-refractivity contribution in [1.29, 1.82) is 0 Å². The predicted molar refractivity (Wildman–Crippen MR) is 143 cm³/mol. The Kier molecular flexibility index (Phi) is 7.50. The van der Waals surface area contributed by atoms with Crippen LogP contribution >= 0.6 is 15.9 Å². The third kappa shape index (κ3) is 6.05. The molecule has 0 saturated heterocycles. The van der Waals surface area contributed by atoms with Gasteiger partial charge in [-0.25, -0.2) is 13.8 Å². The molecule has 3 atom stereocenters. The molecule has 0 spiro atoms. The van der Waals surface area contributed by atoms with Gasteiger partial charge in [0, 0.05) is 22.0 Å². The van der Waals surface area contributed by atoms with E-state index in [0.29, 0.717) is 15.2 Å². The van der Waals surface area contributed by atoms with E-state index in [1.165, 1.54) is 26.0 Å². The first-order valence-corrected chi connectivity index (χ1v) is 13.6. The van der Waals surface area contributed by atoms with Crippen LogP contribution in [0.4, 0.5) is 30.7 Å². The minimum absolute atomic E-state index is 0.0297. The summed E-state index contributed by atoms with van der Waals surface area (Å²) in [6.07, 6.45) is -5.30. The van der Waals surface area contributed by atoms with E-state index in [0.717, 1.165) is 12.1 Å². The number of alkyl halides is 5. The molecule has 0 aliphatic heterocycles. The highest BCUT2D eigenvalue weighted by molar-refractivity contribution is 9.10. The maximum absolute atomic E-state index is 15.1. The van der Waals surface area contributed by atoms with E-state index in [2.05, 4.69) is 49.7 Å². The van der Waals surface area contributed by atoms with Crippen molar-refractivity contribution in [3.63, 3.8) is 0 Å². The van der Waals surface area contributed by atoms with Crippen molar-refractivity contribution in [3.8, 4) is 11.8 Å². The van der Waals surface area contributed by atoms with Crippen molar-refractivity contribution >= 4 is 21.8 Å². The van der Waals surface area contributed by atoms with Gasteiger partial charge < -0.3 is 10.4 Å². The second-order valence-electron chi connectivity index (χ2n) is 10.9. The molecule has 226 valence electrons. The van der Waals surface area contributed by atoms with Crippen molar-refractivity contribution in [2.24, 2.45) is 5.92 Å². The van der Waals surface area contributed by atoms with Crippen molar-refractivity contribution in [3.05, 3.63) is 92.5 Å². The van der Waals surface area contributed by atoms with Crippen LogP contribution in [0.1, 0.15) is 59.7 Å². The number of aliphatic hydroxyl groups is 1. The highest BCUT2D eigenvalue weighted by Gasteiger charge is 2.70. The molecule has 1 saturated carbocycles. The molecule has 1 aromatic carbocycles. The minimum Gasteiger partial charge on any atom is -0.378 e. The van der Waals surface area contributed by atoms with E-state index in [4.69, 9.17) is 0 Å². The minimum atomic E-state index is -5.05. The van der Waals surface area contributed by atoms with Crippen LogP contribution in [0.25, 0.3) is 0 Å².